The lowest BCUT2D eigenvalue weighted by atomic mass is 9.98. The van der Waals surface area contributed by atoms with Crippen molar-refractivity contribution in [2.75, 3.05) is 12.0 Å². The molecule has 1 fully saturated rings. The molecule has 2 amide bonds. The number of hydrogen-bond acceptors (Lipinski definition) is 4. The second kappa shape index (κ2) is 11.2. The number of benzene rings is 1. The van der Waals surface area contributed by atoms with Crippen LogP contribution in [0.1, 0.15) is 76.2 Å². The third kappa shape index (κ3) is 5.75. The molecule has 0 unspecified atom stereocenters. The van der Waals surface area contributed by atoms with Crippen LogP contribution in [0.4, 0.5) is 5.69 Å². The monoisotopic (exact) mass is 466 g/mol. The van der Waals surface area contributed by atoms with Crippen molar-refractivity contribution in [3.8, 4) is 5.75 Å². The number of ether oxygens (including phenoxy) is 1. The van der Waals surface area contributed by atoms with Gasteiger partial charge in [-0.25, -0.2) is 4.90 Å². The predicted molar refractivity (Wildman–Crippen MR) is 126 cm³/mol. The number of nitrogens with one attached hydrogen (secondary N) is 1. The highest BCUT2D eigenvalue weighted by Gasteiger charge is 2.41. The zero-order valence-electron chi connectivity index (χ0n) is 18.4. The first-order valence-electron chi connectivity index (χ1n) is 11.3. The molecule has 1 aliphatic heterocycles. The van der Waals surface area contributed by atoms with Crippen LogP contribution in [0.25, 0.3) is 0 Å². The van der Waals surface area contributed by atoms with Crippen LogP contribution in [-0.4, -0.2) is 25.0 Å². The van der Waals surface area contributed by atoms with Crippen molar-refractivity contribution < 1.29 is 14.3 Å². The number of aryl methyl sites for hydroxylation is 1. The molecule has 5 nitrogen and oxygen atoms in total. The molecule has 1 saturated carbocycles. The summed E-state index contributed by atoms with van der Waals surface area (Å²) in [5.74, 6) is -0.627. The van der Waals surface area contributed by atoms with Gasteiger partial charge < -0.3 is 10.1 Å². The summed E-state index contributed by atoms with van der Waals surface area (Å²) in [7, 11) is 1.48. The lowest BCUT2D eigenvalue weighted by molar-refractivity contribution is -0.120. The van der Waals surface area contributed by atoms with Gasteiger partial charge >= 0.3 is 0 Å². The molecule has 0 aromatic heterocycles. The second-order valence-corrected chi connectivity index (χ2v) is 9.29. The maximum atomic E-state index is 13.3. The minimum atomic E-state index is -0.539. The van der Waals surface area contributed by atoms with Crippen LogP contribution < -0.4 is 15.0 Å². The third-order valence-electron chi connectivity index (χ3n) is 6.18. The second-order valence-electron chi connectivity index (χ2n) is 8.51. The van der Waals surface area contributed by atoms with E-state index in [0.29, 0.717) is 16.5 Å². The fraction of sp³-hybridized carbons (Fsp3) is 0.583. The summed E-state index contributed by atoms with van der Waals surface area (Å²) in [6.45, 7) is 1.81. The number of anilines is 1. The molecular weight excluding hydrogens is 435 g/mol. The van der Waals surface area contributed by atoms with E-state index in [9.17, 15) is 9.59 Å². The van der Waals surface area contributed by atoms with Gasteiger partial charge in [-0.05, 0) is 31.4 Å². The summed E-state index contributed by atoms with van der Waals surface area (Å²) in [6.07, 6.45) is 13.0. The van der Waals surface area contributed by atoms with E-state index in [1.54, 1.807) is 12.1 Å². The Morgan fingerprint density at radius 1 is 0.903 bits per heavy atom. The molecule has 2 aliphatic rings. The van der Waals surface area contributed by atoms with Crippen LogP contribution >= 0.6 is 23.2 Å². The molecule has 1 aliphatic carbocycles. The van der Waals surface area contributed by atoms with Crippen LogP contribution in [0, 0.1) is 6.92 Å². The number of rotatable bonds is 4. The first kappa shape index (κ1) is 23.9. The summed E-state index contributed by atoms with van der Waals surface area (Å²) in [5.41, 5.74) is 1.29. The number of nitrogens with zero attached hydrogens (tertiary/aromatic N) is 1. The number of carbonyl (C=O) groups is 2. The topological polar surface area (TPSA) is 58.6 Å². The van der Waals surface area contributed by atoms with E-state index in [1.807, 2.05) is 6.92 Å². The van der Waals surface area contributed by atoms with Gasteiger partial charge in [0, 0.05) is 17.1 Å². The van der Waals surface area contributed by atoms with E-state index in [1.165, 1.54) is 52.1 Å². The Kier molecular flexibility index (Phi) is 8.67. The van der Waals surface area contributed by atoms with E-state index in [-0.39, 0.29) is 16.8 Å². The maximum Gasteiger partial charge on any atom is 0.283 e. The van der Waals surface area contributed by atoms with Gasteiger partial charge in [-0.2, -0.15) is 0 Å². The van der Waals surface area contributed by atoms with Crippen molar-refractivity contribution in [3.63, 3.8) is 0 Å². The van der Waals surface area contributed by atoms with Crippen LogP contribution in [0.3, 0.4) is 0 Å². The van der Waals surface area contributed by atoms with E-state index in [2.05, 4.69) is 5.32 Å². The minimum Gasteiger partial charge on any atom is -0.494 e. The first-order valence-corrected chi connectivity index (χ1v) is 12.1. The highest BCUT2D eigenvalue weighted by Crippen LogP contribution is 2.38. The van der Waals surface area contributed by atoms with Gasteiger partial charge in [-0.15, -0.1) is 0 Å². The van der Waals surface area contributed by atoms with Gasteiger partial charge in [0.25, 0.3) is 11.8 Å². The Morgan fingerprint density at radius 3 is 2.00 bits per heavy atom. The fourth-order valence-corrected chi connectivity index (χ4v) is 4.72. The molecule has 7 heteroatoms. The summed E-state index contributed by atoms with van der Waals surface area (Å²) in [6, 6.07) is 3.42. The first-order chi connectivity index (χ1) is 14.9. The number of imide groups is 1. The standard InChI is InChI=1S/C24H32Cl2N2O3/c1-16-14-19(20(31-2)15-18(16)25)28-23(29)21(26)22(24(28)30)27-17-12-10-8-6-4-3-5-7-9-11-13-17/h14-15,17,27H,3-13H2,1-2H3. The largest absolute Gasteiger partial charge is 0.494 e. The van der Waals surface area contributed by atoms with Crippen molar-refractivity contribution in [2.24, 2.45) is 0 Å². The molecule has 1 N–H and O–H groups in total. The highest BCUT2D eigenvalue weighted by molar-refractivity contribution is 6.52. The Hall–Kier alpha value is -1.72. The van der Waals surface area contributed by atoms with Gasteiger partial charge in [0.2, 0.25) is 0 Å². The van der Waals surface area contributed by atoms with Crippen LogP contribution in [0.15, 0.2) is 22.9 Å². The Bertz CT molecular complexity index is 841. The van der Waals surface area contributed by atoms with Crippen LogP contribution in [0.5, 0.6) is 5.75 Å². The number of halogens is 2. The summed E-state index contributed by atoms with van der Waals surface area (Å²) in [5, 5.41) is 3.77. The number of carbonyl (C=O) groups excluding carboxylic acids is 2. The smallest absolute Gasteiger partial charge is 0.283 e. The van der Waals surface area contributed by atoms with Crippen LogP contribution in [-0.2, 0) is 9.59 Å². The molecule has 0 spiro atoms. The summed E-state index contributed by atoms with van der Waals surface area (Å²) in [4.78, 5) is 27.3. The normalized spacial score (nSPS) is 19.9. The Morgan fingerprint density at radius 2 is 1.45 bits per heavy atom. The van der Waals surface area contributed by atoms with E-state index in [4.69, 9.17) is 27.9 Å². The summed E-state index contributed by atoms with van der Waals surface area (Å²) >= 11 is 12.6. The quantitative estimate of drug-likeness (QED) is 0.533. The molecule has 0 atom stereocenters. The Labute approximate surface area is 195 Å². The fourth-order valence-electron chi connectivity index (χ4n) is 4.34. The predicted octanol–water partition coefficient (Wildman–Crippen LogP) is 6.24. The average Bonchev–Trinajstić information content (AvgIpc) is 2.94. The van der Waals surface area contributed by atoms with Crippen molar-refractivity contribution in [1.82, 2.24) is 5.32 Å². The SMILES string of the molecule is COc1cc(Cl)c(C)cc1N1C(=O)C(Cl)=C(NC2CCCCCCCCCCC2)C1=O. The molecular formula is C24H32Cl2N2O3. The number of methoxy groups -OCH3 is 1. The molecule has 170 valence electrons. The third-order valence-corrected chi connectivity index (χ3v) is 6.94. The van der Waals surface area contributed by atoms with E-state index >= 15 is 0 Å². The zero-order chi connectivity index (χ0) is 22.4. The van der Waals surface area contributed by atoms with Crippen molar-refractivity contribution in [1.29, 1.82) is 0 Å². The minimum absolute atomic E-state index is 0.0641. The number of amides is 2. The highest BCUT2D eigenvalue weighted by atomic mass is 35.5. The van der Waals surface area contributed by atoms with Gasteiger partial charge in [0.15, 0.2) is 0 Å². The Balaban J connectivity index is 1.78. The van der Waals surface area contributed by atoms with Crippen molar-refractivity contribution in [3.05, 3.63) is 33.4 Å². The molecule has 1 aromatic rings. The van der Waals surface area contributed by atoms with E-state index < -0.39 is 11.8 Å². The molecule has 3 rings (SSSR count). The van der Waals surface area contributed by atoms with Gasteiger partial charge in [0.05, 0.1) is 12.8 Å². The number of hydrogen-bond donors (Lipinski definition) is 1. The van der Waals surface area contributed by atoms with Crippen LogP contribution in [0.2, 0.25) is 5.02 Å². The van der Waals surface area contributed by atoms with Gasteiger partial charge in [0.1, 0.15) is 16.5 Å². The van der Waals surface area contributed by atoms with E-state index in [0.717, 1.165) is 36.1 Å². The maximum absolute atomic E-state index is 13.3. The lowest BCUT2D eigenvalue weighted by Crippen LogP contribution is -2.37. The van der Waals surface area contributed by atoms with Gasteiger partial charge in [-0.3, -0.25) is 9.59 Å². The average molecular weight is 467 g/mol. The van der Waals surface area contributed by atoms with Gasteiger partial charge in [-0.1, -0.05) is 81.0 Å². The molecule has 1 aromatic carbocycles. The summed E-state index contributed by atoms with van der Waals surface area (Å²) < 4.78 is 5.38. The molecule has 0 saturated heterocycles. The van der Waals surface area contributed by atoms with Crippen molar-refractivity contribution >= 4 is 40.7 Å². The lowest BCUT2D eigenvalue weighted by Gasteiger charge is -2.22. The molecule has 0 radical (unpaired) electrons. The molecule has 1 heterocycles. The molecule has 0 bridgehead atoms. The molecule has 31 heavy (non-hydrogen) atoms. The van der Waals surface area contributed by atoms with Crippen molar-refractivity contribution in [2.45, 2.75) is 83.6 Å². The zero-order valence-corrected chi connectivity index (χ0v) is 19.9.